The van der Waals surface area contributed by atoms with E-state index in [0.29, 0.717) is 0 Å². The summed E-state index contributed by atoms with van der Waals surface area (Å²) in [5, 5.41) is 11.4. The number of nitrogens with zero attached hydrogens (tertiary/aromatic N) is 1. The van der Waals surface area contributed by atoms with E-state index in [0.717, 1.165) is 21.7 Å². The molecule has 0 spiro atoms. The van der Waals surface area contributed by atoms with Crippen molar-refractivity contribution in [2.75, 3.05) is 19.6 Å². The number of thiophene rings is 1. The molecule has 0 aliphatic carbocycles. The van der Waals surface area contributed by atoms with Crippen LogP contribution in [-0.4, -0.2) is 49.3 Å². The third kappa shape index (κ3) is 2.81. The number of nitrogens with one attached hydrogen (secondary N) is 1. The summed E-state index contributed by atoms with van der Waals surface area (Å²) in [6.45, 7) is 0.150. The number of amides is 1. The fourth-order valence-electron chi connectivity index (χ4n) is 1.59. The van der Waals surface area contributed by atoms with Gasteiger partial charge < -0.3 is 10.4 Å². The van der Waals surface area contributed by atoms with E-state index in [9.17, 15) is 18.0 Å². The van der Waals surface area contributed by atoms with Gasteiger partial charge in [-0.3, -0.25) is 4.79 Å². The topological polar surface area (TPSA) is 104 Å². The van der Waals surface area contributed by atoms with Crippen LogP contribution < -0.4 is 5.32 Å². The molecule has 10 heteroatoms. The number of piperazine rings is 1. The molecule has 0 bridgehead atoms. The Morgan fingerprint density at radius 2 is 2.21 bits per heavy atom. The van der Waals surface area contributed by atoms with Gasteiger partial charge in [-0.25, -0.2) is 13.2 Å². The average Bonchev–Trinajstić information content (AvgIpc) is 2.72. The fourth-order valence-corrected chi connectivity index (χ4v) is 5.34. The minimum absolute atomic E-state index is 0.0769. The first-order valence-corrected chi connectivity index (χ1v) is 8.17. The zero-order valence-corrected chi connectivity index (χ0v) is 12.6. The third-order valence-corrected chi connectivity index (χ3v) is 6.57. The van der Waals surface area contributed by atoms with Crippen molar-refractivity contribution in [3.63, 3.8) is 0 Å². The van der Waals surface area contributed by atoms with Crippen molar-refractivity contribution < 1.29 is 23.1 Å². The molecule has 2 heterocycles. The molecule has 0 radical (unpaired) electrons. The molecule has 1 aliphatic heterocycles. The standard InChI is InChI=1S/C9H9BrN2O5S2/c10-8-6(3-5(18-8)9(14)15)19(16,17)12-2-1-11-7(13)4-12/h3H,1-2,4H2,(H,11,13)(H,14,15). The minimum atomic E-state index is -3.87. The molecule has 19 heavy (non-hydrogen) atoms. The highest BCUT2D eigenvalue weighted by molar-refractivity contribution is 9.11. The van der Waals surface area contributed by atoms with E-state index < -0.39 is 16.0 Å². The number of sulfonamides is 1. The molecule has 0 aromatic carbocycles. The van der Waals surface area contributed by atoms with Crippen molar-refractivity contribution in [3.8, 4) is 0 Å². The first-order valence-electron chi connectivity index (χ1n) is 5.12. The van der Waals surface area contributed by atoms with Crippen molar-refractivity contribution in [2.24, 2.45) is 0 Å². The van der Waals surface area contributed by atoms with Gasteiger partial charge in [0.25, 0.3) is 0 Å². The fraction of sp³-hybridized carbons (Fsp3) is 0.333. The summed E-state index contributed by atoms with van der Waals surface area (Å²) in [6.07, 6.45) is 0. The summed E-state index contributed by atoms with van der Waals surface area (Å²) in [6, 6.07) is 1.10. The Morgan fingerprint density at radius 3 is 2.74 bits per heavy atom. The van der Waals surface area contributed by atoms with Crippen LogP contribution >= 0.6 is 27.3 Å². The molecule has 104 valence electrons. The summed E-state index contributed by atoms with van der Waals surface area (Å²) in [5.74, 6) is -1.57. The van der Waals surface area contributed by atoms with E-state index in [1.54, 1.807) is 0 Å². The number of carbonyl (C=O) groups is 2. The second kappa shape index (κ2) is 5.19. The quantitative estimate of drug-likeness (QED) is 0.799. The van der Waals surface area contributed by atoms with Gasteiger partial charge in [0, 0.05) is 13.1 Å². The minimum Gasteiger partial charge on any atom is -0.477 e. The van der Waals surface area contributed by atoms with Gasteiger partial charge >= 0.3 is 5.97 Å². The highest BCUT2D eigenvalue weighted by atomic mass is 79.9. The highest BCUT2D eigenvalue weighted by Gasteiger charge is 2.32. The van der Waals surface area contributed by atoms with Crippen LogP contribution in [0, 0.1) is 0 Å². The third-order valence-electron chi connectivity index (χ3n) is 2.49. The number of carbonyl (C=O) groups excluding carboxylic acids is 1. The van der Waals surface area contributed by atoms with Crippen molar-refractivity contribution in [1.82, 2.24) is 9.62 Å². The lowest BCUT2D eigenvalue weighted by molar-refractivity contribution is -0.122. The predicted octanol–water partition coefficient (Wildman–Crippen LogP) is 0.329. The van der Waals surface area contributed by atoms with E-state index in [-0.39, 0.29) is 39.1 Å². The predicted molar refractivity (Wildman–Crippen MR) is 70.7 cm³/mol. The molecule has 1 amide bonds. The molecule has 1 aliphatic rings. The summed E-state index contributed by atoms with van der Waals surface area (Å²) >= 11 is 3.88. The van der Waals surface area contributed by atoms with Crippen LogP contribution in [0.1, 0.15) is 9.67 Å². The molecule has 0 saturated carbocycles. The largest absolute Gasteiger partial charge is 0.477 e. The van der Waals surface area contributed by atoms with Crippen LogP contribution in [0.15, 0.2) is 14.7 Å². The smallest absolute Gasteiger partial charge is 0.345 e. The Morgan fingerprint density at radius 1 is 1.53 bits per heavy atom. The number of hydrogen-bond acceptors (Lipinski definition) is 5. The summed E-state index contributed by atoms with van der Waals surface area (Å²) in [7, 11) is -3.87. The van der Waals surface area contributed by atoms with Gasteiger partial charge in [-0.2, -0.15) is 4.31 Å². The number of carboxylic acids is 1. The van der Waals surface area contributed by atoms with Gasteiger partial charge in [-0.1, -0.05) is 0 Å². The summed E-state index contributed by atoms with van der Waals surface area (Å²) in [5.41, 5.74) is 0. The first kappa shape index (κ1) is 14.4. The Hall–Kier alpha value is -0.970. The molecule has 0 atom stereocenters. The van der Waals surface area contributed by atoms with Crippen molar-refractivity contribution in [2.45, 2.75) is 4.90 Å². The zero-order chi connectivity index (χ0) is 14.2. The molecule has 1 aromatic heterocycles. The molecule has 1 aromatic rings. The van der Waals surface area contributed by atoms with E-state index >= 15 is 0 Å². The summed E-state index contributed by atoms with van der Waals surface area (Å²) < 4.78 is 25.9. The normalized spacial score (nSPS) is 17.2. The lowest BCUT2D eigenvalue weighted by Crippen LogP contribution is -2.49. The number of carboxylic acid groups (broad SMARTS) is 1. The molecule has 1 saturated heterocycles. The lowest BCUT2D eigenvalue weighted by Gasteiger charge is -2.25. The Kier molecular flexibility index (Phi) is 3.95. The maximum Gasteiger partial charge on any atom is 0.345 e. The van der Waals surface area contributed by atoms with Gasteiger partial charge in [0.1, 0.15) is 9.77 Å². The SMILES string of the molecule is O=C1CN(S(=O)(=O)c2cc(C(=O)O)sc2Br)CCN1. The molecule has 7 nitrogen and oxygen atoms in total. The van der Waals surface area contributed by atoms with Crippen LogP contribution in [0.5, 0.6) is 0 Å². The second-order valence-corrected chi connectivity index (χ2v) is 8.02. The lowest BCUT2D eigenvalue weighted by atomic mass is 10.4. The molecule has 1 fully saturated rings. The number of aromatic carboxylic acids is 1. The van der Waals surface area contributed by atoms with Gasteiger partial charge in [0.15, 0.2) is 0 Å². The summed E-state index contributed by atoms with van der Waals surface area (Å²) in [4.78, 5) is 21.9. The monoisotopic (exact) mass is 368 g/mol. The Labute approximate surface area is 121 Å². The number of rotatable bonds is 3. The number of hydrogen-bond donors (Lipinski definition) is 2. The average molecular weight is 369 g/mol. The van der Waals surface area contributed by atoms with Crippen LogP contribution in [-0.2, 0) is 14.8 Å². The van der Waals surface area contributed by atoms with Crippen molar-refractivity contribution in [1.29, 1.82) is 0 Å². The van der Waals surface area contributed by atoms with E-state index in [4.69, 9.17) is 5.11 Å². The Balaban J connectivity index is 2.39. The van der Waals surface area contributed by atoms with Crippen molar-refractivity contribution in [3.05, 3.63) is 14.7 Å². The zero-order valence-electron chi connectivity index (χ0n) is 9.42. The first-order chi connectivity index (χ1) is 8.82. The van der Waals surface area contributed by atoms with Crippen LogP contribution in [0.25, 0.3) is 0 Å². The van der Waals surface area contributed by atoms with Crippen LogP contribution in [0.2, 0.25) is 0 Å². The van der Waals surface area contributed by atoms with Crippen molar-refractivity contribution >= 4 is 49.2 Å². The van der Waals surface area contributed by atoms with Gasteiger partial charge in [-0.15, -0.1) is 11.3 Å². The maximum absolute atomic E-state index is 12.3. The van der Waals surface area contributed by atoms with Crippen LogP contribution in [0.4, 0.5) is 0 Å². The van der Waals surface area contributed by atoms with Gasteiger partial charge in [0.2, 0.25) is 15.9 Å². The Bertz CT molecular complexity index is 639. The molecule has 0 unspecified atom stereocenters. The van der Waals surface area contributed by atoms with Gasteiger partial charge in [0.05, 0.1) is 10.3 Å². The maximum atomic E-state index is 12.3. The van der Waals surface area contributed by atoms with E-state index in [2.05, 4.69) is 21.2 Å². The molecular formula is C9H9BrN2O5S2. The van der Waals surface area contributed by atoms with Gasteiger partial charge in [-0.05, 0) is 22.0 Å². The van der Waals surface area contributed by atoms with E-state index in [1.807, 2.05) is 0 Å². The molecule has 2 N–H and O–H groups in total. The molecule has 2 rings (SSSR count). The van der Waals surface area contributed by atoms with Crippen LogP contribution in [0.3, 0.4) is 0 Å². The van der Waals surface area contributed by atoms with E-state index in [1.165, 1.54) is 0 Å². The highest BCUT2D eigenvalue weighted by Crippen LogP contribution is 2.33. The number of halogens is 1. The second-order valence-electron chi connectivity index (χ2n) is 3.74. The molecular weight excluding hydrogens is 360 g/mol.